The van der Waals surface area contributed by atoms with E-state index in [0.29, 0.717) is 12.1 Å². The predicted molar refractivity (Wildman–Crippen MR) is 114 cm³/mol. The fourth-order valence-corrected chi connectivity index (χ4v) is 3.61. The second-order valence-electron chi connectivity index (χ2n) is 7.52. The molecule has 0 bridgehead atoms. The lowest BCUT2D eigenvalue weighted by molar-refractivity contribution is 0.0951. The second-order valence-corrected chi connectivity index (χ2v) is 7.52. The monoisotopic (exact) mass is 405 g/mol. The number of carbonyl (C=O) groups excluding carboxylic acids is 1. The number of nitrogens with zero attached hydrogens (tertiary/aromatic N) is 4. The Morgan fingerprint density at radius 2 is 1.90 bits per heavy atom. The summed E-state index contributed by atoms with van der Waals surface area (Å²) >= 11 is 0. The predicted octanol–water partition coefficient (Wildman–Crippen LogP) is 4.30. The molecule has 0 unspecified atom stereocenters. The third-order valence-electron chi connectivity index (χ3n) is 5.06. The summed E-state index contributed by atoms with van der Waals surface area (Å²) in [4.78, 5) is 17.2. The minimum absolute atomic E-state index is 0.0793. The average molecular weight is 405 g/mol. The van der Waals surface area contributed by atoms with Crippen molar-refractivity contribution in [1.29, 1.82) is 0 Å². The SMILES string of the molecule is CC(C)c1c(C(=O)NCCCn2cnc3ccccc32)cnn1-c1ccc(F)cc1. The normalized spacial score (nSPS) is 11.3. The summed E-state index contributed by atoms with van der Waals surface area (Å²) in [6, 6.07) is 14.1. The molecule has 0 radical (unpaired) electrons. The molecule has 2 aromatic heterocycles. The molecule has 0 aliphatic rings. The van der Waals surface area contributed by atoms with Gasteiger partial charge in [0, 0.05) is 13.1 Å². The van der Waals surface area contributed by atoms with Crippen LogP contribution in [0.3, 0.4) is 0 Å². The van der Waals surface area contributed by atoms with Crippen LogP contribution < -0.4 is 5.32 Å². The summed E-state index contributed by atoms with van der Waals surface area (Å²) in [5, 5.41) is 7.38. The maximum atomic E-state index is 13.3. The molecule has 0 fully saturated rings. The Balaban J connectivity index is 1.42. The second kappa shape index (κ2) is 8.49. The van der Waals surface area contributed by atoms with Crippen molar-refractivity contribution in [3.05, 3.63) is 78.1 Å². The number of nitrogens with one attached hydrogen (secondary N) is 1. The van der Waals surface area contributed by atoms with Gasteiger partial charge in [0.1, 0.15) is 5.82 Å². The van der Waals surface area contributed by atoms with Crippen LogP contribution in [0.2, 0.25) is 0 Å². The van der Waals surface area contributed by atoms with Crippen LogP contribution in [0.5, 0.6) is 0 Å². The lowest BCUT2D eigenvalue weighted by atomic mass is 10.0. The Morgan fingerprint density at radius 1 is 1.13 bits per heavy atom. The minimum Gasteiger partial charge on any atom is -0.352 e. The highest BCUT2D eigenvalue weighted by Gasteiger charge is 2.20. The molecule has 0 aliphatic heterocycles. The van der Waals surface area contributed by atoms with Gasteiger partial charge in [0.15, 0.2) is 0 Å². The number of hydrogen-bond donors (Lipinski definition) is 1. The van der Waals surface area contributed by atoms with Gasteiger partial charge in [-0.2, -0.15) is 5.10 Å². The van der Waals surface area contributed by atoms with Crippen molar-refractivity contribution in [3.63, 3.8) is 0 Å². The first-order valence-electron chi connectivity index (χ1n) is 10.1. The van der Waals surface area contributed by atoms with Crippen LogP contribution in [-0.4, -0.2) is 31.8 Å². The highest BCUT2D eigenvalue weighted by Crippen LogP contribution is 2.23. The number of amides is 1. The molecule has 2 heterocycles. The van der Waals surface area contributed by atoms with Crippen molar-refractivity contribution >= 4 is 16.9 Å². The van der Waals surface area contributed by atoms with Crippen LogP contribution in [0, 0.1) is 5.82 Å². The highest BCUT2D eigenvalue weighted by molar-refractivity contribution is 5.95. The number of imidazole rings is 1. The molecule has 30 heavy (non-hydrogen) atoms. The quantitative estimate of drug-likeness (QED) is 0.466. The van der Waals surface area contributed by atoms with Gasteiger partial charge in [-0.1, -0.05) is 26.0 Å². The molecule has 2 aromatic carbocycles. The fraction of sp³-hybridized carbons (Fsp3) is 0.261. The first kappa shape index (κ1) is 19.8. The van der Waals surface area contributed by atoms with Crippen LogP contribution in [-0.2, 0) is 6.54 Å². The number of para-hydroxylation sites is 2. The first-order valence-corrected chi connectivity index (χ1v) is 10.1. The maximum Gasteiger partial charge on any atom is 0.254 e. The van der Waals surface area contributed by atoms with Crippen LogP contribution in [0.4, 0.5) is 4.39 Å². The van der Waals surface area contributed by atoms with E-state index in [1.807, 2.05) is 44.4 Å². The molecule has 4 aromatic rings. The molecule has 0 saturated carbocycles. The first-order chi connectivity index (χ1) is 14.5. The summed E-state index contributed by atoms with van der Waals surface area (Å²) in [5.74, 6) is -0.376. The molecule has 1 amide bonds. The zero-order valence-electron chi connectivity index (χ0n) is 17.0. The Labute approximate surface area is 174 Å². The van der Waals surface area contributed by atoms with E-state index in [1.165, 1.54) is 12.1 Å². The third kappa shape index (κ3) is 3.96. The van der Waals surface area contributed by atoms with Gasteiger partial charge >= 0.3 is 0 Å². The lowest BCUT2D eigenvalue weighted by Gasteiger charge is -2.13. The molecule has 0 saturated heterocycles. The Bertz CT molecular complexity index is 1160. The van der Waals surface area contributed by atoms with Crippen molar-refractivity contribution in [3.8, 4) is 5.69 Å². The van der Waals surface area contributed by atoms with Crippen molar-refractivity contribution in [2.45, 2.75) is 32.7 Å². The van der Waals surface area contributed by atoms with Crippen LogP contribution in [0.15, 0.2) is 61.1 Å². The van der Waals surface area contributed by atoms with E-state index in [4.69, 9.17) is 0 Å². The minimum atomic E-state index is -0.305. The zero-order chi connectivity index (χ0) is 21.1. The number of aromatic nitrogens is 4. The number of carbonyl (C=O) groups is 1. The van der Waals surface area contributed by atoms with Gasteiger partial charge in [0.25, 0.3) is 5.91 Å². The molecule has 0 atom stereocenters. The Kier molecular flexibility index (Phi) is 5.61. The summed E-state index contributed by atoms with van der Waals surface area (Å²) in [7, 11) is 0. The largest absolute Gasteiger partial charge is 0.352 e. The van der Waals surface area contributed by atoms with Gasteiger partial charge in [-0.15, -0.1) is 0 Å². The highest BCUT2D eigenvalue weighted by atomic mass is 19.1. The summed E-state index contributed by atoms with van der Waals surface area (Å²) < 4.78 is 17.1. The Hall–Kier alpha value is -3.48. The van der Waals surface area contributed by atoms with E-state index in [2.05, 4.69) is 20.0 Å². The van der Waals surface area contributed by atoms with Gasteiger partial charge in [-0.05, 0) is 48.7 Å². The van der Waals surface area contributed by atoms with Crippen LogP contribution in [0.1, 0.15) is 42.2 Å². The lowest BCUT2D eigenvalue weighted by Crippen LogP contribution is -2.26. The Morgan fingerprint density at radius 3 is 2.67 bits per heavy atom. The molecule has 1 N–H and O–H groups in total. The van der Waals surface area contributed by atoms with Crippen molar-refractivity contribution in [1.82, 2.24) is 24.6 Å². The number of rotatable bonds is 7. The van der Waals surface area contributed by atoms with Crippen molar-refractivity contribution < 1.29 is 9.18 Å². The standard InChI is InChI=1S/C23H24FN5O/c1-16(2)22-19(14-27-29(22)18-10-8-17(24)9-11-18)23(30)25-12-5-13-28-15-26-20-6-3-4-7-21(20)28/h3-4,6-11,14-16H,5,12-13H2,1-2H3,(H,25,30). The molecule has 7 heteroatoms. The number of hydrogen-bond acceptors (Lipinski definition) is 3. The van der Waals surface area contributed by atoms with E-state index in [0.717, 1.165) is 35.4 Å². The summed E-state index contributed by atoms with van der Waals surface area (Å²) in [6.45, 7) is 5.34. The molecule has 4 rings (SSSR count). The molecule has 0 aliphatic carbocycles. The van der Waals surface area contributed by atoms with Gasteiger partial charge in [-0.3, -0.25) is 4.79 Å². The molecular formula is C23H24FN5O. The topological polar surface area (TPSA) is 64.7 Å². The fourth-order valence-electron chi connectivity index (χ4n) is 3.61. The molecule has 154 valence electrons. The molecule has 0 spiro atoms. The van der Waals surface area contributed by atoms with E-state index in [1.54, 1.807) is 23.0 Å². The van der Waals surface area contributed by atoms with Gasteiger partial charge < -0.3 is 9.88 Å². The van der Waals surface area contributed by atoms with E-state index >= 15 is 0 Å². The van der Waals surface area contributed by atoms with Crippen LogP contribution in [0.25, 0.3) is 16.7 Å². The van der Waals surface area contributed by atoms with E-state index < -0.39 is 0 Å². The maximum absolute atomic E-state index is 13.3. The zero-order valence-corrected chi connectivity index (χ0v) is 17.0. The number of fused-ring (bicyclic) bond motifs is 1. The average Bonchev–Trinajstić information content (AvgIpc) is 3.36. The van der Waals surface area contributed by atoms with Crippen molar-refractivity contribution in [2.24, 2.45) is 0 Å². The van der Waals surface area contributed by atoms with Gasteiger partial charge in [0.05, 0.1) is 40.5 Å². The number of halogens is 1. The van der Waals surface area contributed by atoms with Gasteiger partial charge in [0.2, 0.25) is 0 Å². The van der Waals surface area contributed by atoms with Crippen molar-refractivity contribution in [2.75, 3.05) is 6.54 Å². The number of aryl methyl sites for hydroxylation is 1. The third-order valence-corrected chi connectivity index (χ3v) is 5.06. The van der Waals surface area contributed by atoms with E-state index in [-0.39, 0.29) is 17.6 Å². The van der Waals surface area contributed by atoms with Crippen LogP contribution >= 0.6 is 0 Å². The van der Waals surface area contributed by atoms with E-state index in [9.17, 15) is 9.18 Å². The smallest absolute Gasteiger partial charge is 0.254 e. The molecular weight excluding hydrogens is 381 g/mol. The molecule has 6 nitrogen and oxygen atoms in total. The van der Waals surface area contributed by atoms with Gasteiger partial charge in [-0.25, -0.2) is 14.1 Å². The number of benzene rings is 2. The summed E-state index contributed by atoms with van der Waals surface area (Å²) in [5.41, 5.74) is 4.14. The summed E-state index contributed by atoms with van der Waals surface area (Å²) in [6.07, 6.45) is 4.20.